The topological polar surface area (TPSA) is 84.9 Å². The number of nitrogens with one attached hydrogen (secondary N) is 2. The van der Waals surface area contributed by atoms with Crippen molar-refractivity contribution in [3.05, 3.63) is 0 Å². The van der Waals surface area contributed by atoms with Crippen molar-refractivity contribution in [2.24, 2.45) is 5.92 Å². The van der Waals surface area contributed by atoms with Gasteiger partial charge in [-0.3, -0.25) is 4.79 Å². The van der Waals surface area contributed by atoms with E-state index < -0.39 is 5.97 Å². The van der Waals surface area contributed by atoms with Crippen LogP contribution in [-0.4, -0.2) is 64.1 Å². The number of amides is 2. The van der Waals surface area contributed by atoms with E-state index in [4.69, 9.17) is 0 Å². The van der Waals surface area contributed by atoms with E-state index in [2.05, 4.69) is 15.6 Å². The highest BCUT2D eigenvalue weighted by atomic mass is 32.2. The fourth-order valence-corrected chi connectivity index (χ4v) is 6.36. The zero-order valence-corrected chi connectivity index (χ0v) is 16.5. The Morgan fingerprint density at radius 3 is 2.54 bits per heavy atom. The molecule has 1 saturated carbocycles. The van der Waals surface area contributed by atoms with Crippen molar-refractivity contribution in [1.82, 2.24) is 20.7 Å². The molecule has 2 heterocycles. The Bertz CT molecular complexity index is 507. The molecule has 0 bridgehead atoms. The summed E-state index contributed by atoms with van der Waals surface area (Å²) in [5.74, 6) is 0.522. The Morgan fingerprint density at radius 1 is 1.23 bits per heavy atom. The lowest BCUT2D eigenvalue weighted by atomic mass is 9.78. The average Bonchev–Trinajstić information content (AvgIpc) is 3.13. The molecule has 2 aliphatic heterocycles. The molecule has 2 amide bonds. The Morgan fingerprint density at radius 2 is 1.92 bits per heavy atom. The predicted molar refractivity (Wildman–Crippen MR) is 103 cm³/mol. The van der Waals surface area contributed by atoms with Gasteiger partial charge in [-0.05, 0) is 51.1 Å². The Balaban J connectivity index is 1.84. The van der Waals surface area contributed by atoms with E-state index in [1.54, 1.807) is 7.05 Å². The number of hydrazine groups is 1. The fraction of sp³-hybridized carbons (Fsp3) is 0.889. The summed E-state index contributed by atoms with van der Waals surface area (Å²) in [7, 11) is 1.69. The lowest BCUT2D eigenvalue weighted by Gasteiger charge is -2.49. The molecule has 3 N–H and O–H groups in total. The van der Waals surface area contributed by atoms with Gasteiger partial charge < -0.3 is 15.7 Å². The molecule has 2 saturated heterocycles. The normalized spacial score (nSPS) is 27.4. The molecule has 3 aliphatic rings. The van der Waals surface area contributed by atoms with E-state index in [9.17, 15) is 14.7 Å². The number of hydrogen-bond donors (Lipinski definition) is 3. The average molecular weight is 385 g/mol. The van der Waals surface area contributed by atoms with Gasteiger partial charge in [-0.2, -0.15) is 5.01 Å². The van der Waals surface area contributed by atoms with Crippen molar-refractivity contribution in [3.8, 4) is 0 Å². The first kappa shape index (κ1) is 19.8. The minimum atomic E-state index is -0.747. The Hall–Kier alpha value is -0.990. The molecule has 0 aromatic carbocycles. The molecule has 8 heteroatoms. The van der Waals surface area contributed by atoms with Crippen LogP contribution in [0, 0.1) is 5.92 Å². The minimum absolute atomic E-state index is 0.0567. The number of rotatable bonds is 5. The molecular weight excluding hydrogens is 352 g/mol. The van der Waals surface area contributed by atoms with Crippen molar-refractivity contribution in [2.45, 2.75) is 68.7 Å². The molecule has 3 rings (SSSR count). The molecule has 1 aliphatic carbocycles. The van der Waals surface area contributed by atoms with Gasteiger partial charge in [0.15, 0.2) is 0 Å². The Labute approximate surface area is 160 Å². The van der Waals surface area contributed by atoms with Crippen molar-refractivity contribution in [1.29, 1.82) is 0 Å². The van der Waals surface area contributed by atoms with Crippen LogP contribution in [0.5, 0.6) is 0 Å². The van der Waals surface area contributed by atoms with Gasteiger partial charge in [0.05, 0.1) is 11.3 Å². The van der Waals surface area contributed by atoms with Crippen LogP contribution in [-0.2, 0) is 4.79 Å². The van der Waals surface area contributed by atoms with Crippen LogP contribution in [0.1, 0.15) is 57.8 Å². The molecule has 0 spiro atoms. The lowest BCUT2D eigenvalue weighted by Crippen LogP contribution is -2.61. The largest absolute Gasteiger partial charge is 0.481 e. The smallest absolute Gasteiger partial charge is 0.332 e. The SMILES string of the molecule is CNC(=O)N1C(C2CCNCC2)SCN1C1(CCC(=O)O)CCCCC1. The summed E-state index contributed by atoms with van der Waals surface area (Å²) in [5.41, 5.74) is -0.197. The molecule has 0 aromatic rings. The second-order valence-corrected chi connectivity index (χ2v) is 8.83. The van der Waals surface area contributed by atoms with Crippen LogP contribution in [0.2, 0.25) is 0 Å². The Kier molecular flexibility index (Phi) is 6.69. The number of carbonyl (C=O) groups is 2. The second-order valence-electron chi connectivity index (χ2n) is 7.75. The monoisotopic (exact) mass is 384 g/mol. The highest BCUT2D eigenvalue weighted by Gasteiger charge is 2.50. The molecule has 26 heavy (non-hydrogen) atoms. The number of carboxylic acid groups (broad SMARTS) is 1. The van der Waals surface area contributed by atoms with Gasteiger partial charge in [-0.25, -0.2) is 9.80 Å². The van der Waals surface area contributed by atoms with Gasteiger partial charge in [0.25, 0.3) is 0 Å². The third-order valence-corrected chi connectivity index (χ3v) is 7.53. The third kappa shape index (κ3) is 4.12. The van der Waals surface area contributed by atoms with Crippen molar-refractivity contribution in [2.75, 3.05) is 26.0 Å². The van der Waals surface area contributed by atoms with Crippen LogP contribution < -0.4 is 10.6 Å². The number of nitrogens with zero attached hydrogens (tertiary/aromatic N) is 2. The number of piperidine rings is 1. The van der Waals surface area contributed by atoms with Gasteiger partial charge >= 0.3 is 12.0 Å². The maximum Gasteiger partial charge on any atom is 0.332 e. The number of hydrogen-bond acceptors (Lipinski definition) is 5. The molecule has 7 nitrogen and oxygen atoms in total. The molecular formula is C18H32N4O3S. The zero-order chi connectivity index (χ0) is 18.6. The van der Waals surface area contributed by atoms with Crippen LogP contribution in [0.4, 0.5) is 4.79 Å². The van der Waals surface area contributed by atoms with E-state index in [1.807, 2.05) is 16.8 Å². The summed E-state index contributed by atoms with van der Waals surface area (Å²) in [6.45, 7) is 2.01. The number of aliphatic carboxylic acids is 1. The number of carbonyl (C=O) groups excluding carboxylic acids is 1. The van der Waals surface area contributed by atoms with Crippen molar-refractivity contribution in [3.63, 3.8) is 0 Å². The van der Waals surface area contributed by atoms with Crippen molar-refractivity contribution >= 4 is 23.8 Å². The van der Waals surface area contributed by atoms with E-state index in [0.717, 1.165) is 57.5 Å². The molecule has 0 aromatic heterocycles. The highest BCUT2D eigenvalue weighted by Crippen LogP contribution is 2.46. The fourth-order valence-electron chi connectivity index (χ4n) is 4.77. The zero-order valence-electron chi connectivity index (χ0n) is 15.7. The van der Waals surface area contributed by atoms with E-state index in [1.165, 1.54) is 6.42 Å². The first-order chi connectivity index (χ1) is 12.6. The summed E-state index contributed by atoms with van der Waals surface area (Å²) >= 11 is 1.85. The summed E-state index contributed by atoms with van der Waals surface area (Å²) < 4.78 is 0. The molecule has 148 valence electrons. The quantitative estimate of drug-likeness (QED) is 0.675. The molecule has 3 fully saturated rings. The lowest BCUT2D eigenvalue weighted by molar-refractivity contribution is -0.139. The highest BCUT2D eigenvalue weighted by molar-refractivity contribution is 8.00. The molecule has 1 atom stereocenters. The summed E-state index contributed by atoms with van der Waals surface area (Å²) in [6.07, 6.45) is 8.34. The van der Waals surface area contributed by atoms with E-state index in [0.29, 0.717) is 12.3 Å². The summed E-state index contributed by atoms with van der Waals surface area (Å²) in [4.78, 5) is 24.1. The molecule has 0 radical (unpaired) electrons. The number of thioether (sulfide) groups is 1. The first-order valence-electron chi connectivity index (χ1n) is 9.90. The molecule has 1 unspecified atom stereocenters. The number of carboxylic acids is 1. The van der Waals surface area contributed by atoms with Gasteiger partial charge in [-0.15, -0.1) is 11.8 Å². The van der Waals surface area contributed by atoms with E-state index >= 15 is 0 Å². The van der Waals surface area contributed by atoms with Gasteiger partial charge in [-0.1, -0.05) is 19.3 Å². The van der Waals surface area contributed by atoms with Gasteiger partial charge in [0, 0.05) is 19.0 Å². The summed E-state index contributed by atoms with van der Waals surface area (Å²) in [6, 6.07) is -0.0567. The van der Waals surface area contributed by atoms with Crippen LogP contribution in [0.15, 0.2) is 0 Å². The van der Waals surface area contributed by atoms with Gasteiger partial charge in [0.1, 0.15) is 0 Å². The first-order valence-corrected chi connectivity index (χ1v) is 10.9. The van der Waals surface area contributed by atoms with Crippen molar-refractivity contribution < 1.29 is 14.7 Å². The van der Waals surface area contributed by atoms with E-state index in [-0.39, 0.29) is 23.4 Å². The maximum atomic E-state index is 12.8. The van der Waals surface area contributed by atoms with Crippen LogP contribution in [0.25, 0.3) is 0 Å². The van der Waals surface area contributed by atoms with Gasteiger partial charge in [0.2, 0.25) is 0 Å². The predicted octanol–water partition coefficient (Wildman–Crippen LogP) is 2.44. The number of urea groups is 1. The third-order valence-electron chi connectivity index (χ3n) is 6.21. The maximum absolute atomic E-state index is 12.8. The van der Waals surface area contributed by atoms with Crippen LogP contribution >= 0.6 is 11.8 Å². The summed E-state index contributed by atoms with van der Waals surface area (Å²) in [5, 5.41) is 19.8. The standard InChI is InChI=1S/C18H32N4O3S/c1-19-17(25)22-16(14-6-11-20-12-7-14)26-13-21(22)18(10-5-15(23)24)8-3-2-4-9-18/h14,16,20H,2-13H2,1H3,(H,19,25)(H,23,24). The van der Waals surface area contributed by atoms with Crippen LogP contribution in [0.3, 0.4) is 0 Å². The second kappa shape index (κ2) is 8.80. The minimum Gasteiger partial charge on any atom is -0.481 e.